The second-order valence-electron chi connectivity index (χ2n) is 10.2. The van der Waals surface area contributed by atoms with Gasteiger partial charge in [0.2, 0.25) is 10.0 Å². The van der Waals surface area contributed by atoms with Gasteiger partial charge in [0.15, 0.2) is 0 Å². The van der Waals surface area contributed by atoms with Gasteiger partial charge in [-0.2, -0.15) is 4.31 Å². The Morgan fingerprint density at radius 1 is 1.00 bits per heavy atom. The van der Waals surface area contributed by atoms with Gasteiger partial charge in [0, 0.05) is 12.5 Å². The quantitative estimate of drug-likeness (QED) is 0.359. The van der Waals surface area contributed by atoms with Crippen LogP contribution in [0.1, 0.15) is 53.5 Å². The van der Waals surface area contributed by atoms with Gasteiger partial charge in [0.1, 0.15) is 5.75 Å². The molecule has 0 radical (unpaired) electrons. The molecule has 0 unspecified atom stereocenters. The minimum atomic E-state index is -4.79. The van der Waals surface area contributed by atoms with E-state index in [2.05, 4.69) is 4.74 Å². The Morgan fingerprint density at radius 2 is 1.71 bits per heavy atom. The Balaban J connectivity index is 1.53. The molecule has 38 heavy (non-hydrogen) atoms. The molecule has 2 aliphatic heterocycles. The Kier molecular flexibility index (Phi) is 7.04. The van der Waals surface area contributed by atoms with Crippen molar-refractivity contribution >= 4 is 10.0 Å². The first-order valence-corrected chi connectivity index (χ1v) is 14.1. The lowest BCUT2D eigenvalue weighted by Gasteiger charge is -2.47. The van der Waals surface area contributed by atoms with E-state index in [-0.39, 0.29) is 23.2 Å². The number of piperidine rings is 1. The molecule has 0 saturated carbocycles. The number of sulfonamides is 1. The predicted molar refractivity (Wildman–Crippen MR) is 137 cm³/mol. The summed E-state index contributed by atoms with van der Waals surface area (Å²) in [5.74, 6) is -0.481. The molecule has 0 amide bonds. The first-order valence-electron chi connectivity index (χ1n) is 12.6. The van der Waals surface area contributed by atoms with Crippen molar-refractivity contribution < 1.29 is 31.1 Å². The van der Waals surface area contributed by atoms with Crippen molar-refractivity contribution in [2.45, 2.75) is 61.9 Å². The van der Waals surface area contributed by atoms with Crippen LogP contribution in [0.2, 0.25) is 0 Å². The number of rotatable bonds is 5. The molecule has 3 aromatic carbocycles. The van der Waals surface area contributed by atoms with Crippen molar-refractivity contribution in [1.82, 2.24) is 4.31 Å². The summed E-state index contributed by atoms with van der Waals surface area (Å²) in [5, 5.41) is 0. The lowest BCUT2D eigenvalue weighted by molar-refractivity contribution is -0.274. The molecular weight excluding hydrogens is 515 g/mol. The van der Waals surface area contributed by atoms with Crippen molar-refractivity contribution in [1.29, 1.82) is 0 Å². The summed E-state index contributed by atoms with van der Waals surface area (Å²) in [5.41, 5.74) is 2.52. The van der Waals surface area contributed by atoms with Crippen LogP contribution in [-0.4, -0.2) is 37.8 Å². The molecule has 9 heteroatoms. The van der Waals surface area contributed by atoms with Gasteiger partial charge in [0.05, 0.1) is 23.1 Å². The first kappa shape index (κ1) is 26.7. The van der Waals surface area contributed by atoms with Crippen LogP contribution in [0.4, 0.5) is 13.2 Å². The summed E-state index contributed by atoms with van der Waals surface area (Å²) < 4.78 is 78.8. The zero-order valence-electron chi connectivity index (χ0n) is 21.2. The van der Waals surface area contributed by atoms with Crippen LogP contribution in [0.25, 0.3) is 0 Å². The van der Waals surface area contributed by atoms with E-state index in [0.717, 1.165) is 16.7 Å². The average molecular weight is 546 g/mol. The highest BCUT2D eigenvalue weighted by atomic mass is 32.2. The maximum atomic E-state index is 14.0. The zero-order chi connectivity index (χ0) is 27.1. The summed E-state index contributed by atoms with van der Waals surface area (Å²) >= 11 is 0. The van der Waals surface area contributed by atoms with E-state index in [1.165, 1.54) is 12.1 Å². The maximum absolute atomic E-state index is 14.0. The number of hydrogen-bond acceptors (Lipinski definition) is 4. The molecule has 1 spiro atoms. The van der Waals surface area contributed by atoms with Crippen molar-refractivity contribution in [3.63, 3.8) is 0 Å². The van der Waals surface area contributed by atoms with Crippen molar-refractivity contribution in [2.75, 3.05) is 13.2 Å². The molecule has 0 N–H and O–H groups in total. The van der Waals surface area contributed by atoms with Crippen molar-refractivity contribution in [3.8, 4) is 5.75 Å². The number of alkyl halides is 3. The number of aryl methyl sites for hydroxylation is 2. The third-order valence-electron chi connectivity index (χ3n) is 7.60. The largest absolute Gasteiger partial charge is 0.573 e. The van der Waals surface area contributed by atoms with Crippen LogP contribution < -0.4 is 4.74 Å². The zero-order valence-corrected chi connectivity index (χ0v) is 22.1. The van der Waals surface area contributed by atoms with Gasteiger partial charge in [-0.25, -0.2) is 8.42 Å². The van der Waals surface area contributed by atoms with E-state index in [0.29, 0.717) is 31.4 Å². The van der Waals surface area contributed by atoms with Crippen molar-refractivity contribution in [3.05, 3.63) is 95.1 Å². The summed E-state index contributed by atoms with van der Waals surface area (Å²) in [6.07, 6.45) is -3.06. The van der Waals surface area contributed by atoms with E-state index in [1.807, 2.05) is 44.2 Å². The molecular formula is C29H30F3NO4S. The number of ether oxygens (including phenoxy) is 2. The highest BCUT2D eigenvalue weighted by molar-refractivity contribution is 7.89. The highest BCUT2D eigenvalue weighted by Crippen LogP contribution is 2.53. The van der Waals surface area contributed by atoms with Crippen molar-refractivity contribution in [2.24, 2.45) is 0 Å². The fourth-order valence-electron chi connectivity index (χ4n) is 5.89. The third kappa shape index (κ3) is 5.19. The Labute approximate surface area is 221 Å². The maximum Gasteiger partial charge on any atom is 0.573 e. The second-order valence-corrected chi connectivity index (χ2v) is 12.1. The lowest BCUT2D eigenvalue weighted by Crippen LogP contribution is -2.52. The SMILES string of the molecule is Cc1ccc(S(=O)(=O)N2CCC[C@@]3(C[C@H](c4cc(OC(F)(F)F)ccc4C)CO3)[C@@H]2c2ccccc2)cc1. The molecule has 0 bridgehead atoms. The molecule has 0 aromatic heterocycles. The summed E-state index contributed by atoms with van der Waals surface area (Å²) in [7, 11) is -3.85. The smallest absolute Gasteiger partial charge is 0.406 e. The minimum absolute atomic E-state index is 0.208. The normalized spacial score (nSPS) is 24.6. The summed E-state index contributed by atoms with van der Waals surface area (Å²) in [6.45, 7) is 4.38. The topological polar surface area (TPSA) is 55.8 Å². The molecule has 5 nitrogen and oxygen atoms in total. The Morgan fingerprint density at radius 3 is 2.39 bits per heavy atom. The van der Waals surface area contributed by atoms with Gasteiger partial charge in [-0.3, -0.25) is 0 Å². The van der Waals surface area contributed by atoms with Gasteiger partial charge in [-0.05, 0) is 74.1 Å². The molecule has 2 saturated heterocycles. The van der Waals surface area contributed by atoms with Gasteiger partial charge in [-0.1, -0.05) is 54.1 Å². The molecule has 5 rings (SSSR count). The molecule has 3 atom stereocenters. The number of halogens is 3. The fraction of sp³-hybridized carbons (Fsp3) is 0.379. The molecule has 2 heterocycles. The molecule has 202 valence electrons. The molecule has 0 aliphatic carbocycles. The molecule has 2 aliphatic rings. The van der Waals surface area contributed by atoms with Crippen LogP contribution in [-0.2, 0) is 14.8 Å². The van der Waals surface area contributed by atoms with Crippen LogP contribution in [0.5, 0.6) is 5.75 Å². The van der Waals surface area contributed by atoms with Crippen LogP contribution in [0.3, 0.4) is 0 Å². The van der Waals surface area contributed by atoms with Crippen LogP contribution in [0.15, 0.2) is 77.7 Å². The standard InChI is InChI=1S/C29H30F3NO4S/c1-20-9-13-25(14-10-20)38(34,35)33-16-6-15-28(27(33)22-7-4-3-5-8-22)18-23(19-36-28)26-17-24(12-11-21(26)2)37-29(30,31)32/h3-5,7-14,17,23,27H,6,15-16,18-19H2,1-2H3/t23-,27-,28+/m0/s1. The first-order chi connectivity index (χ1) is 18.0. The van der Waals surface area contributed by atoms with Gasteiger partial charge in [0.25, 0.3) is 0 Å². The second kappa shape index (κ2) is 10.0. The monoisotopic (exact) mass is 545 g/mol. The van der Waals surface area contributed by atoms with E-state index in [1.54, 1.807) is 34.6 Å². The summed E-state index contributed by atoms with van der Waals surface area (Å²) in [6, 6.07) is 20.0. The number of benzene rings is 3. The Hall–Kier alpha value is -2.88. The Bertz CT molecular complexity index is 1390. The highest BCUT2D eigenvalue weighted by Gasteiger charge is 2.54. The van der Waals surface area contributed by atoms with E-state index >= 15 is 0 Å². The van der Waals surface area contributed by atoms with E-state index in [4.69, 9.17) is 4.74 Å². The lowest BCUT2D eigenvalue weighted by atomic mass is 9.76. The minimum Gasteiger partial charge on any atom is -0.406 e. The molecule has 2 fully saturated rings. The summed E-state index contributed by atoms with van der Waals surface area (Å²) in [4.78, 5) is 0.225. The number of nitrogens with zero attached hydrogens (tertiary/aromatic N) is 1. The number of hydrogen-bond donors (Lipinski definition) is 0. The third-order valence-corrected chi connectivity index (χ3v) is 9.47. The fourth-order valence-corrected chi connectivity index (χ4v) is 7.61. The molecule has 3 aromatic rings. The van der Waals surface area contributed by atoms with Gasteiger partial charge >= 0.3 is 6.36 Å². The van der Waals surface area contributed by atoms with Gasteiger partial charge < -0.3 is 9.47 Å². The average Bonchev–Trinajstić information content (AvgIpc) is 3.28. The van der Waals surface area contributed by atoms with Gasteiger partial charge in [-0.15, -0.1) is 13.2 Å². The van der Waals surface area contributed by atoms with E-state index < -0.39 is 28.0 Å². The predicted octanol–water partition coefficient (Wildman–Crippen LogP) is 6.67. The van der Waals surface area contributed by atoms with Crippen LogP contribution in [0, 0.1) is 13.8 Å². The van der Waals surface area contributed by atoms with Crippen LogP contribution >= 0.6 is 0 Å². The van der Waals surface area contributed by atoms with E-state index in [9.17, 15) is 21.6 Å².